The topological polar surface area (TPSA) is 32.3 Å². The number of hydrogen-bond acceptors (Lipinski definition) is 3. The lowest BCUT2D eigenvalue weighted by atomic mass is 9.91. The predicted molar refractivity (Wildman–Crippen MR) is 84.0 cm³/mol. The number of nitrogens with zero attached hydrogens (tertiary/aromatic N) is 1. The Morgan fingerprint density at radius 3 is 2.65 bits per heavy atom. The van der Waals surface area contributed by atoms with E-state index in [1.807, 2.05) is 0 Å². The van der Waals surface area contributed by atoms with Crippen LogP contribution >= 0.6 is 0 Å². The SMILES string of the molecule is CCCCCCC(=O)C1CCCCN1C1CCNCC1. The second-order valence-corrected chi connectivity index (χ2v) is 6.51. The van der Waals surface area contributed by atoms with Crippen LogP contribution in [0.2, 0.25) is 0 Å². The summed E-state index contributed by atoms with van der Waals surface area (Å²) in [4.78, 5) is 15.1. The van der Waals surface area contributed by atoms with Gasteiger partial charge in [-0.2, -0.15) is 0 Å². The van der Waals surface area contributed by atoms with E-state index in [0.29, 0.717) is 11.8 Å². The molecular formula is C17H32N2O. The first kappa shape index (κ1) is 16.0. The lowest BCUT2D eigenvalue weighted by molar-refractivity contribution is -0.127. The van der Waals surface area contributed by atoms with E-state index < -0.39 is 0 Å². The molecule has 2 aliphatic heterocycles. The largest absolute Gasteiger partial charge is 0.317 e. The Labute approximate surface area is 124 Å². The van der Waals surface area contributed by atoms with Crippen LogP contribution < -0.4 is 5.32 Å². The number of ketones is 1. The molecule has 20 heavy (non-hydrogen) atoms. The number of nitrogens with one attached hydrogen (secondary N) is 1. The first-order valence-electron chi connectivity index (χ1n) is 8.82. The van der Waals surface area contributed by atoms with Gasteiger partial charge in [-0.3, -0.25) is 9.69 Å². The van der Waals surface area contributed by atoms with Gasteiger partial charge in [0.2, 0.25) is 0 Å². The minimum Gasteiger partial charge on any atom is -0.317 e. The third kappa shape index (κ3) is 4.56. The highest BCUT2D eigenvalue weighted by molar-refractivity contribution is 5.84. The van der Waals surface area contributed by atoms with Crippen molar-refractivity contribution in [1.82, 2.24) is 10.2 Å². The fourth-order valence-corrected chi connectivity index (χ4v) is 3.77. The van der Waals surface area contributed by atoms with Crippen LogP contribution in [0.5, 0.6) is 0 Å². The molecule has 0 saturated carbocycles. The molecule has 3 heteroatoms. The summed E-state index contributed by atoms with van der Waals surface area (Å²) < 4.78 is 0. The summed E-state index contributed by atoms with van der Waals surface area (Å²) in [6.45, 7) is 5.62. The molecule has 0 radical (unpaired) electrons. The average molecular weight is 280 g/mol. The molecular weight excluding hydrogens is 248 g/mol. The highest BCUT2D eigenvalue weighted by Gasteiger charge is 2.33. The van der Waals surface area contributed by atoms with Crippen LogP contribution in [0.1, 0.15) is 71.1 Å². The fourth-order valence-electron chi connectivity index (χ4n) is 3.77. The number of Topliss-reactive ketones (excluding diaryl/α,β-unsaturated/α-hetero) is 1. The molecule has 1 N–H and O–H groups in total. The van der Waals surface area contributed by atoms with E-state index in [-0.39, 0.29) is 6.04 Å². The molecule has 3 nitrogen and oxygen atoms in total. The lowest BCUT2D eigenvalue weighted by Crippen LogP contribution is -2.53. The van der Waals surface area contributed by atoms with Crippen molar-refractivity contribution in [2.24, 2.45) is 0 Å². The van der Waals surface area contributed by atoms with Crippen LogP contribution in [0.4, 0.5) is 0 Å². The highest BCUT2D eigenvalue weighted by Crippen LogP contribution is 2.25. The van der Waals surface area contributed by atoms with Crippen LogP contribution in [0.3, 0.4) is 0 Å². The van der Waals surface area contributed by atoms with Gasteiger partial charge in [-0.05, 0) is 51.7 Å². The van der Waals surface area contributed by atoms with Crippen LogP contribution in [0.15, 0.2) is 0 Å². The molecule has 2 aliphatic rings. The molecule has 0 aromatic heterocycles. The first-order chi connectivity index (χ1) is 9.83. The van der Waals surface area contributed by atoms with Crippen LogP contribution in [0, 0.1) is 0 Å². The maximum atomic E-state index is 12.6. The van der Waals surface area contributed by atoms with E-state index in [9.17, 15) is 4.79 Å². The maximum Gasteiger partial charge on any atom is 0.149 e. The quantitative estimate of drug-likeness (QED) is 0.727. The molecule has 1 unspecified atom stereocenters. The van der Waals surface area contributed by atoms with Crippen molar-refractivity contribution in [3.63, 3.8) is 0 Å². The molecule has 0 aromatic carbocycles. The zero-order chi connectivity index (χ0) is 14.2. The third-order valence-electron chi connectivity index (χ3n) is 4.97. The minimum absolute atomic E-state index is 0.244. The van der Waals surface area contributed by atoms with Gasteiger partial charge in [-0.15, -0.1) is 0 Å². The van der Waals surface area contributed by atoms with Gasteiger partial charge in [0.1, 0.15) is 5.78 Å². The van der Waals surface area contributed by atoms with Crippen molar-refractivity contribution < 1.29 is 4.79 Å². The van der Waals surface area contributed by atoms with Crippen molar-refractivity contribution >= 4 is 5.78 Å². The Morgan fingerprint density at radius 2 is 1.90 bits per heavy atom. The summed E-state index contributed by atoms with van der Waals surface area (Å²) in [6.07, 6.45) is 11.7. The number of carbonyl (C=O) groups is 1. The van der Waals surface area contributed by atoms with Gasteiger partial charge in [0.05, 0.1) is 6.04 Å². The molecule has 2 rings (SSSR count). The second kappa shape index (κ2) is 8.78. The zero-order valence-corrected chi connectivity index (χ0v) is 13.2. The molecule has 0 spiro atoms. The van der Waals surface area contributed by atoms with E-state index in [2.05, 4.69) is 17.1 Å². The van der Waals surface area contributed by atoms with Crippen molar-refractivity contribution in [2.45, 2.75) is 83.2 Å². The van der Waals surface area contributed by atoms with Crippen molar-refractivity contribution in [2.75, 3.05) is 19.6 Å². The molecule has 0 amide bonds. The molecule has 2 fully saturated rings. The van der Waals surface area contributed by atoms with E-state index in [4.69, 9.17) is 0 Å². The van der Waals surface area contributed by atoms with Gasteiger partial charge < -0.3 is 5.32 Å². The van der Waals surface area contributed by atoms with Crippen LogP contribution in [0.25, 0.3) is 0 Å². The standard InChI is InChI=1S/C17H32N2O/c1-2-3-4-5-9-17(20)16-8-6-7-14-19(16)15-10-12-18-13-11-15/h15-16,18H,2-14H2,1H3. The summed E-state index contributed by atoms with van der Waals surface area (Å²) in [7, 11) is 0. The summed E-state index contributed by atoms with van der Waals surface area (Å²) in [5.74, 6) is 0.527. The van der Waals surface area contributed by atoms with Crippen LogP contribution in [-0.4, -0.2) is 42.4 Å². The summed E-state index contributed by atoms with van der Waals surface area (Å²) in [5.41, 5.74) is 0. The Morgan fingerprint density at radius 1 is 1.10 bits per heavy atom. The first-order valence-corrected chi connectivity index (χ1v) is 8.82. The molecule has 116 valence electrons. The lowest BCUT2D eigenvalue weighted by Gasteiger charge is -2.42. The summed E-state index contributed by atoms with van der Waals surface area (Å²) >= 11 is 0. The molecule has 2 heterocycles. The Kier molecular flexibility index (Phi) is 7.01. The zero-order valence-electron chi connectivity index (χ0n) is 13.2. The number of piperidine rings is 2. The van der Waals surface area contributed by atoms with Gasteiger partial charge in [-0.25, -0.2) is 0 Å². The van der Waals surface area contributed by atoms with E-state index in [1.54, 1.807) is 0 Å². The molecule has 2 saturated heterocycles. The molecule has 0 aliphatic carbocycles. The Balaban J connectivity index is 1.83. The van der Waals surface area contributed by atoms with Crippen molar-refractivity contribution in [3.8, 4) is 0 Å². The van der Waals surface area contributed by atoms with Crippen molar-refractivity contribution in [3.05, 3.63) is 0 Å². The van der Waals surface area contributed by atoms with Crippen molar-refractivity contribution in [1.29, 1.82) is 0 Å². The van der Waals surface area contributed by atoms with E-state index in [1.165, 1.54) is 44.9 Å². The smallest absolute Gasteiger partial charge is 0.149 e. The van der Waals surface area contributed by atoms with E-state index in [0.717, 1.165) is 38.9 Å². The van der Waals surface area contributed by atoms with Gasteiger partial charge in [0.25, 0.3) is 0 Å². The van der Waals surface area contributed by atoms with Crippen LogP contribution in [-0.2, 0) is 4.79 Å². The number of likely N-dealkylation sites (tertiary alicyclic amines) is 1. The number of hydrogen-bond donors (Lipinski definition) is 1. The van der Waals surface area contributed by atoms with E-state index >= 15 is 0 Å². The minimum atomic E-state index is 0.244. The maximum absolute atomic E-state index is 12.6. The third-order valence-corrected chi connectivity index (χ3v) is 4.97. The second-order valence-electron chi connectivity index (χ2n) is 6.51. The van der Waals surface area contributed by atoms with Gasteiger partial charge in [0, 0.05) is 12.5 Å². The van der Waals surface area contributed by atoms with Gasteiger partial charge in [-0.1, -0.05) is 32.6 Å². The number of rotatable bonds is 7. The highest BCUT2D eigenvalue weighted by atomic mass is 16.1. The van der Waals surface area contributed by atoms with Gasteiger partial charge >= 0.3 is 0 Å². The predicted octanol–water partition coefficient (Wildman–Crippen LogP) is 3.13. The Hall–Kier alpha value is -0.410. The normalized spacial score (nSPS) is 25.8. The van der Waals surface area contributed by atoms with Gasteiger partial charge in [0.15, 0.2) is 0 Å². The summed E-state index contributed by atoms with van der Waals surface area (Å²) in [5, 5.41) is 3.43. The monoisotopic (exact) mass is 280 g/mol. The number of unbranched alkanes of at least 4 members (excludes halogenated alkanes) is 3. The molecule has 0 aromatic rings. The summed E-state index contributed by atoms with van der Waals surface area (Å²) in [6, 6.07) is 0.898. The average Bonchev–Trinajstić information content (AvgIpc) is 2.52. The fraction of sp³-hybridized carbons (Fsp3) is 0.941. The number of carbonyl (C=O) groups excluding carboxylic acids is 1. The molecule has 1 atom stereocenters. The molecule has 0 bridgehead atoms. The Bertz CT molecular complexity index is 287.